The molecule has 0 aromatic heterocycles. The van der Waals surface area contributed by atoms with E-state index in [1.54, 1.807) is 6.08 Å². The Hall–Kier alpha value is -1.54. The molecule has 1 amide bonds. The fourth-order valence-electron chi connectivity index (χ4n) is 8.99. The minimum absolute atomic E-state index is 0.0000869. The maximum atomic E-state index is 12.9. The number of carbonyl (C=O) groups excluding carboxylic acids is 1. The van der Waals surface area contributed by atoms with Gasteiger partial charge in [-0.05, 0) is 57.8 Å². The molecule has 71 heavy (non-hydrogen) atoms. The Morgan fingerprint density at radius 2 is 0.817 bits per heavy atom. The zero-order chi connectivity index (χ0) is 52.0. The van der Waals surface area contributed by atoms with Crippen molar-refractivity contribution in [2.75, 3.05) is 40.9 Å². The van der Waals surface area contributed by atoms with Crippen LogP contribution in [0.15, 0.2) is 48.6 Å². The van der Waals surface area contributed by atoms with E-state index in [1.165, 1.54) is 218 Å². The van der Waals surface area contributed by atoms with Crippen molar-refractivity contribution in [2.45, 2.75) is 302 Å². The number of allylic oxidation sites excluding steroid dienone is 7. The molecular formula is C62H119N2O6P. The van der Waals surface area contributed by atoms with Gasteiger partial charge in [0, 0.05) is 6.42 Å². The van der Waals surface area contributed by atoms with Crippen molar-refractivity contribution in [3.05, 3.63) is 48.6 Å². The normalized spacial score (nSPS) is 14.2. The molecule has 0 radical (unpaired) electrons. The topological polar surface area (TPSA) is 108 Å². The van der Waals surface area contributed by atoms with Crippen LogP contribution >= 0.6 is 7.82 Å². The molecule has 3 unspecified atom stereocenters. The van der Waals surface area contributed by atoms with Crippen LogP contribution in [0.4, 0.5) is 0 Å². The fourth-order valence-corrected chi connectivity index (χ4v) is 9.71. The van der Waals surface area contributed by atoms with Crippen molar-refractivity contribution in [2.24, 2.45) is 0 Å². The van der Waals surface area contributed by atoms with Gasteiger partial charge in [-0.1, -0.05) is 274 Å². The third kappa shape index (κ3) is 56.0. The van der Waals surface area contributed by atoms with Crippen LogP contribution in [-0.2, 0) is 18.4 Å². The van der Waals surface area contributed by atoms with Gasteiger partial charge in [0.2, 0.25) is 5.91 Å². The Kier molecular flexibility index (Phi) is 52.1. The lowest BCUT2D eigenvalue weighted by atomic mass is 10.0. The lowest BCUT2D eigenvalue weighted by Gasteiger charge is -2.29. The van der Waals surface area contributed by atoms with Crippen molar-refractivity contribution in [1.29, 1.82) is 0 Å². The van der Waals surface area contributed by atoms with E-state index in [4.69, 9.17) is 9.05 Å². The molecule has 0 saturated heterocycles. The van der Waals surface area contributed by atoms with Crippen molar-refractivity contribution in [3.63, 3.8) is 0 Å². The smallest absolute Gasteiger partial charge is 0.268 e. The SMILES string of the molecule is CCCCCCC/C=C\C/C=C\C/C=C\CCCCCCCCCCCCCCCCCCCCCCCCCCC(=O)NC(COP(=O)([O-])OCC[N+](C)(C)C)C(O)/C=C/CCCCCCCCCC. The summed E-state index contributed by atoms with van der Waals surface area (Å²) in [5, 5.41) is 13.8. The maximum Gasteiger partial charge on any atom is 0.268 e. The lowest BCUT2D eigenvalue weighted by Crippen LogP contribution is -2.45. The number of nitrogens with zero attached hydrogens (tertiary/aromatic N) is 1. The van der Waals surface area contributed by atoms with E-state index in [1.807, 2.05) is 27.2 Å². The number of likely N-dealkylation sites (N-methyl/N-ethyl adjacent to an activating group) is 1. The van der Waals surface area contributed by atoms with E-state index in [2.05, 4.69) is 55.6 Å². The lowest BCUT2D eigenvalue weighted by molar-refractivity contribution is -0.870. The first-order chi connectivity index (χ1) is 34.5. The summed E-state index contributed by atoms with van der Waals surface area (Å²) >= 11 is 0. The molecule has 0 aliphatic rings. The number of carbonyl (C=O) groups is 1. The van der Waals surface area contributed by atoms with E-state index < -0.39 is 20.0 Å². The third-order valence-corrected chi connectivity index (χ3v) is 14.7. The summed E-state index contributed by atoms with van der Waals surface area (Å²) in [6.07, 6.45) is 70.9. The van der Waals surface area contributed by atoms with Crippen LogP contribution in [-0.4, -0.2) is 68.5 Å². The zero-order valence-electron chi connectivity index (χ0n) is 47.7. The number of nitrogens with one attached hydrogen (secondary N) is 1. The Morgan fingerprint density at radius 3 is 1.18 bits per heavy atom. The highest BCUT2D eigenvalue weighted by Crippen LogP contribution is 2.38. The minimum atomic E-state index is -4.59. The summed E-state index contributed by atoms with van der Waals surface area (Å²) in [4.78, 5) is 25.4. The van der Waals surface area contributed by atoms with Crippen molar-refractivity contribution in [3.8, 4) is 0 Å². The highest BCUT2D eigenvalue weighted by atomic mass is 31.2. The van der Waals surface area contributed by atoms with Gasteiger partial charge in [0.25, 0.3) is 7.82 Å². The molecule has 8 nitrogen and oxygen atoms in total. The molecular weight excluding hydrogens is 900 g/mol. The molecule has 0 aliphatic carbocycles. The van der Waals surface area contributed by atoms with Gasteiger partial charge in [-0.3, -0.25) is 9.36 Å². The second-order valence-electron chi connectivity index (χ2n) is 22.1. The standard InChI is InChI=1S/C62H119N2O6P/c1-6-8-10-12-14-16-18-19-20-21-22-23-24-25-26-27-28-29-30-31-32-33-34-35-36-37-38-39-40-41-42-43-44-45-46-48-50-52-54-56-62(66)63-60(59-70-71(67,68)69-58-57-64(3,4)5)61(65)55-53-51-49-47-17-15-13-11-9-7-2/h18-19,21-22,24-25,53,55,60-61,65H,6-17,20,23,26-52,54,56-59H2,1-5H3,(H-,63,66,67,68)/b19-18-,22-21-,25-24-,55-53+. The Bertz CT molecular complexity index is 1290. The van der Waals surface area contributed by atoms with Crippen LogP contribution in [0.3, 0.4) is 0 Å². The largest absolute Gasteiger partial charge is 0.756 e. The van der Waals surface area contributed by atoms with Crippen LogP contribution in [0, 0.1) is 0 Å². The predicted molar refractivity (Wildman–Crippen MR) is 307 cm³/mol. The number of amides is 1. The van der Waals surface area contributed by atoms with Crippen LogP contribution in [0.1, 0.15) is 290 Å². The molecule has 3 atom stereocenters. The summed E-state index contributed by atoms with van der Waals surface area (Å²) in [5.74, 6) is -0.195. The average molecular weight is 1020 g/mol. The van der Waals surface area contributed by atoms with Crippen LogP contribution in [0.5, 0.6) is 0 Å². The zero-order valence-corrected chi connectivity index (χ0v) is 48.6. The second-order valence-corrected chi connectivity index (χ2v) is 23.5. The number of hydrogen-bond donors (Lipinski definition) is 2. The number of rotatable bonds is 56. The van der Waals surface area contributed by atoms with Gasteiger partial charge in [-0.15, -0.1) is 0 Å². The van der Waals surface area contributed by atoms with Crippen molar-refractivity contribution in [1.82, 2.24) is 5.32 Å². The average Bonchev–Trinajstić information content (AvgIpc) is 3.33. The van der Waals surface area contributed by atoms with E-state index in [0.29, 0.717) is 17.4 Å². The Balaban J connectivity index is 3.83. The molecule has 0 bridgehead atoms. The molecule has 0 spiro atoms. The summed E-state index contributed by atoms with van der Waals surface area (Å²) in [7, 11) is 1.27. The highest BCUT2D eigenvalue weighted by molar-refractivity contribution is 7.45. The molecule has 0 aliphatic heterocycles. The van der Waals surface area contributed by atoms with E-state index in [9.17, 15) is 19.4 Å². The number of unbranched alkanes of at least 4 members (excludes halogenated alkanes) is 37. The van der Waals surface area contributed by atoms with Gasteiger partial charge in [0.1, 0.15) is 13.2 Å². The Morgan fingerprint density at radius 1 is 0.493 bits per heavy atom. The van der Waals surface area contributed by atoms with Crippen LogP contribution in [0.2, 0.25) is 0 Å². The van der Waals surface area contributed by atoms with Gasteiger partial charge in [0.15, 0.2) is 0 Å². The van der Waals surface area contributed by atoms with Crippen LogP contribution in [0.25, 0.3) is 0 Å². The van der Waals surface area contributed by atoms with Crippen molar-refractivity contribution < 1.29 is 32.9 Å². The van der Waals surface area contributed by atoms with E-state index >= 15 is 0 Å². The van der Waals surface area contributed by atoms with Gasteiger partial charge < -0.3 is 28.8 Å². The third-order valence-electron chi connectivity index (χ3n) is 13.8. The van der Waals surface area contributed by atoms with E-state index in [-0.39, 0.29) is 19.1 Å². The number of phosphoric ester groups is 1. The highest BCUT2D eigenvalue weighted by Gasteiger charge is 2.23. The first-order valence-corrected chi connectivity index (χ1v) is 32.0. The van der Waals surface area contributed by atoms with Gasteiger partial charge >= 0.3 is 0 Å². The predicted octanol–water partition coefficient (Wildman–Crippen LogP) is 18.1. The summed E-state index contributed by atoms with van der Waals surface area (Å²) < 4.78 is 23.3. The number of hydrogen-bond acceptors (Lipinski definition) is 6. The van der Waals surface area contributed by atoms with Gasteiger partial charge in [-0.25, -0.2) is 0 Å². The number of phosphoric acid groups is 1. The molecule has 0 aromatic carbocycles. The minimum Gasteiger partial charge on any atom is -0.756 e. The van der Waals surface area contributed by atoms with Crippen molar-refractivity contribution >= 4 is 13.7 Å². The molecule has 0 saturated carbocycles. The van der Waals surface area contributed by atoms with Gasteiger partial charge in [0.05, 0.1) is 39.9 Å². The first-order valence-electron chi connectivity index (χ1n) is 30.5. The molecule has 0 aromatic rings. The molecule has 418 valence electrons. The number of aliphatic hydroxyl groups excluding tert-OH is 1. The maximum absolute atomic E-state index is 12.9. The number of aliphatic hydroxyl groups is 1. The quantitative estimate of drug-likeness (QED) is 0.0272. The molecule has 0 rings (SSSR count). The molecule has 9 heteroatoms. The Labute approximate surface area is 441 Å². The fraction of sp³-hybridized carbons (Fsp3) is 0.855. The molecule has 0 heterocycles. The monoisotopic (exact) mass is 1020 g/mol. The van der Waals surface area contributed by atoms with Gasteiger partial charge in [-0.2, -0.15) is 0 Å². The summed E-state index contributed by atoms with van der Waals surface area (Å²) in [5.41, 5.74) is 0. The summed E-state index contributed by atoms with van der Waals surface area (Å²) in [6, 6.07) is -0.883. The summed E-state index contributed by atoms with van der Waals surface area (Å²) in [6.45, 7) is 4.63. The van der Waals surface area contributed by atoms with E-state index in [0.717, 1.165) is 51.4 Å². The molecule has 2 N–H and O–H groups in total. The first kappa shape index (κ1) is 69.5. The van der Waals surface area contributed by atoms with Crippen LogP contribution < -0.4 is 10.2 Å². The second kappa shape index (κ2) is 53.3. The molecule has 0 fully saturated rings. The number of quaternary nitrogens is 1.